The summed E-state index contributed by atoms with van der Waals surface area (Å²) >= 11 is 0. The van der Waals surface area contributed by atoms with Crippen LogP contribution in [-0.4, -0.2) is 64.6 Å². The molecule has 8 heteroatoms. The van der Waals surface area contributed by atoms with Gasteiger partial charge in [-0.1, -0.05) is 18.2 Å². The van der Waals surface area contributed by atoms with Crippen LogP contribution >= 0.6 is 0 Å². The Bertz CT molecular complexity index is 960. The fourth-order valence-electron chi connectivity index (χ4n) is 4.16. The van der Waals surface area contributed by atoms with Crippen molar-refractivity contribution in [3.8, 4) is 5.75 Å². The number of para-hydroxylation sites is 1. The lowest BCUT2D eigenvalue weighted by Crippen LogP contribution is -2.45. The molecule has 0 radical (unpaired) electrons. The largest absolute Gasteiger partial charge is 0.484 e. The highest BCUT2D eigenvalue weighted by Gasteiger charge is 2.27. The van der Waals surface area contributed by atoms with Crippen molar-refractivity contribution < 1.29 is 14.6 Å². The number of aromatic nitrogens is 2. The van der Waals surface area contributed by atoms with Gasteiger partial charge in [0.25, 0.3) is 11.5 Å². The van der Waals surface area contributed by atoms with E-state index >= 15 is 0 Å². The molecule has 0 bridgehead atoms. The second kappa shape index (κ2) is 8.87. The van der Waals surface area contributed by atoms with Crippen LogP contribution in [-0.2, 0) is 4.79 Å². The lowest BCUT2D eigenvalue weighted by Gasteiger charge is -2.33. The van der Waals surface area contributed by atoms with Crippen molar-refractivity contribution in [3.05, 3.63) is 52.4 Å². The molecule has 2 fully saturated rings. The zero-order valence-corrected chi connectivity index (χ0v) is 17.2. The molecule has 160 valence electrons. The first-order valence-corrected chi connectivity index (χ1v) is 10.5. The Kier molecular flexibility index (Phi) is 6.03. The van der Waals surface area contributed by atoms with Crippen molar-refractivity contribution in [2.75, 3.05) is 37.7 Å². The number of ether oxygens (including phenoxy) is 1. The third-order valence-electron chi connectivity index (χ3n) is 5.88. The first-order chi connectivity index (χ1) is 14.5. The highest BCUT2D eigenvalue weighted by atomic mass is 16.5. The second-order valence-corrected chi connectivity index (χ2v) is 8.08. The van der Waals surface area contributed by atoms with Crippen LogP contribution in [0.1, 0.15) is 30.9 Å². The minimum atomic E-state index is -0.354. The number of carbonyl (C=O) groups is 1. The quantitative estimate of drug-likeness (QED) is 0.798. The van der Waals surface area contributed by atoms with Gasteiger partial charge in [0.2, 0.25) is 0 Å². The molecule has 0 spiro atoms. The third-order valence-corrected chi connectivity index (χ3v) is 5.88. The molecule has 1 N–H and O–H groups in total. The zero-order chi connectivity index (χ0) is 21.1. The number of rotatable bonds is 5. The topological polar surface area (TPSA) is 87.9 Å². The van der Waals surface area contributed by atoms with E-state index in [9.17, 15) is 14.7 Å². The third kappa shape index (κ3) is 4.48. The van der Waals surface area contributed by atoms with Crippen LogP contribution in [0.2, 0.25) is 0 Å². The molecule has 2 saturated heterocycles. The predicted octanol–water partition coefficient (Wildman–Crippen LogP) is 1.37. The first-order valence-electron chi connectivity index (χ1n) is 10.5. The molecule has 1 aromatic carbocycles. The van der Waals surface area contributed by atoms with Crippen molar-refractivity contribution >= 4 is 11.6 Å². The summed E-state index contributed by atoms with van der Waals surface area (Å²) in [7, 11) is 0. The Labute approximate surface area is 175 Å². The number of carbonyl (C=O) groups excluding carboxylic acids is 1. The summed E-state index contributed by atoms with van der Waals surface area (Å²) in [6.45, 7) is 4.28. The van der Waals surface area contributed by atoms with E-state index in [2.05, 4.69) is 5.10 Å². The molecule has 1 amide bonds. The van der Waals surface area contributed by atoms with Crippen LogP contribution in [0.4, 0.5) is 5.69 Å². The minimum Gasteiger partial charge on any atom is -0.484 e. The predicted molar refractivity (Wildman–Crippen MR) is 113 cm³/mol. The summed E-state index contributed by atoms with van der Waals surface area (Å²) in [4.78, 5) is 29.1. The van der Waals surface area contributed by atoms with Gasteiger partial charge in [0.05, 0.1) is 24.0 Å². The highest BCUT2D eigenvalue weighted by molar-refractivity contribution is 5.78. The Morgan fingerprint density at radius 1 is 1.23 bits per heavy atom. The standard InChI is InChI=1S/C22H28N4O4/c1-16-5-2-3-7-20(16)30-15-22(29)25-9-4-6-17(13-25)26-21(28)11-18(12-23-26)24-10-8-19(27)14-24/h2-3,5,7,11-12,17,19,27H,4,6,8-10,13-15H2,1H3/t17-,19-/m0/s1. The Hall–Kier alpha value is -2.87. The van der Waals surface area contributed by atoms with Crippen molar-refractivity contribution in [2.24, 2.45) is 0 Å². The molecular formula is C22H28N4O4. The zero-order valence-electron chi connectivity index (χ0n) is 17.2. The van der Waals surface area contributed by atoms with Crippen molar-refractivity contribution in [1.82, 2.24) is 14.7 Å². The molecule has 3 heterocycles. The number of piperidine rings is 1. The maximum Gasteiger partial charge on any atom is 0.269 e. The lowest BCUT2D eigenvalue weighted by atomic mass is 10.1. The maximum atomic E-state index is 12.7. The fourth-order valence-corrected chi connectivity index (χ4v) is 4.16. The summed E-state index contributed by atoms with van der Waals surface area (Å²) in [5, 5.41) is 14.1. The van der Waals surface area contributed by atoms with Crippen molar-refractivity contribution in [1.29, 1.82) is 0 Å². The van der Waals surface area contributed by atoms with Crippen LogP contribution < -0.4 is 15.2 Å². The van der Waals surface area contributed by atoms with Crippen LogP contribution in [0.15, 0.2) is 41.3 Å². The summed E-state index contributed by atoms with van der Waals surface area (Å²) in [5.74, 6) is 0.624. The first kappa shape index (κ1) is 20.4. The van der Waals surface area contributed by atoms with Gasteiger partial charge < -0.3 is 19.6 Å². The van der Waals surface area contributed by atoms with Crippen LogP contribution in [0.25, 0.3) is 0 Å². The molecule has 2 aliphatic heterocycles. The minimum absolute atomic E-state index is 0.0177. The summed E-state index contributed by atoms with van der Waals surface area (Å²) in [6, 6.07) is 9.04. The van der Waals surface area contributed by atoms with E-state index in [0.29, 0.717) is 31.8 Å². The summed E-state index contributed by atoms with van der Waals surface area (Å²) < 4.78 is 7.18. The highest BCUT2D eigenvalue weighted by Crippen LogP contribution is 2.22. The molecule has 1 aromatic heterocycles. The molecule has 30 heavy (non-hydrogen) atoms. The molecule has 2 aliphatic rings. The van der Waals surface area contributed by atoms with Gasteiger partial charge in [-0.25, -0.2) is 4.68 Å². The number of likely N-dealkylation sites (tertiary alicyclic amines) is 1. The van der Waals surface area contributed by atoms with Crippen molar-refractivity contribution in [2.45, 2.75) is 38.3 Å². The number of aliphatic hydroxyl groups is 1. The molecule has 0 unspecified atom stereocenters. The maximum absolute atomic E-state index is 12.7. The van der Waals surface area contributed by atoms with E-state index in [1.807, 2.05) is 36.1 Å². The molecule has 4 rings (SSSR count). The number of anilines is 1. The number of benzene rings is 1. The van der Waals surface area contributed by atoms with Gasteiger partial charge in [0, 0.05) is 32.2 Å². The molecule has 2 aromatic rings. The van der Waals surface area contributed by atoms with Gasteiger partial charge in [0.1, 0.15) is 5.75 Å². The van der Waals surface area contributed by atoms with E-state index in [1.54, 1.807) is 17.2 Å². The monoisotopic (exact) mass is 412 g/mol. The number of hydrogen-bond acceptors (Lipinski definition) is 6. The smallest absolute Gasteiger partial charge is 0.269 e. The number of β-amino-alcohol motifs (C(OH)–C–C–N with tert-alkyl or cyclic N) is 1. The number of aliphatic hydroxyl groups excluding tert-OH is 1. The van der Waals surface area contributed by atoms with E-state index in [-0.39, 0.29) is 30.2 Å². The molecular weight excluding hydrogens is 384 g/mol. The van der Waals surface area contributed by atoms with E-state index in [0.717, 1.165) is 30.6 Å². The van der Waals surface area contributed by atoms with Crippen LogP contribution in [0.5, 0.6) is 5.75 Å². The number of hydrogen-bond donors (Lipinski definition) is 1. The molecule has 2 atom stereocenters. The Morgan fingerprint density at radius 2 is 2.07 bits per heavy atom. The number of aryl methyl sites for hydroxylation is 1. The van der Waals surface area contributed by atoms with E-state index in [4.69, 9.17) is 4.74 Å². The number of amides is 1. The van der Waals surface area contributed by atoms with Crippen LogP contribution in [0.3, 0.4) is 0 Å². The van der Waals surface area contributed by atoms with Gasteiger partial charge in [0.15, 0.2) is 6.61 Å². The average molecular weight is 412 g/mol. The normalized spacial score (nSPS) is 21.7. The molecule has 0 saturated carbocycles. The van der Waals surface area contributed by atoms with Gasteiger partial charge in [-0.15, -0.1) is 0 Å². The van der Waals surface area contributed by atoms with Gasteiger partial charge in [-0.2, -0.15) is 5.10 Å². The van der Waals surface area contributed by atoms with E-state index < -0.39 is 0 Å². The van der Waals surface area contributed by atoms with Gasteiger partial charge in [-0.3, -0.25) is 9.59 Å². The molecule has 8 nitrogen and oxygen atoms in total. The summed E-state index contributed by atoms with van der Waals surface area (Å²) in [6.07, 6.45) is 3.65. The molecule has 0 aliphatic carbocycles. The SMILES string of the molecule is Cc1ccccc1OCC(=O)N1CCC[C@H](n2ncc(N3CC[C@H](O)C3)cc2=O)C1. The lowest BCUT2D eigenvalue weighted by molar-refractivity contribution is -0.135. The summed E-state index contributed by atoms with van der Waals surface area (Å²) in [5.41, 5.74) is 1.55. The Balaban J connectivity index is 1.39. The van der Waals surface area contributed by atoms with E-state index in [1.165, 1.54) is 4.68 Å². The fraction of sp³-hybridized carbons (Fsp3) is 0.500. The van der Waals surface area contributed by atoms with Crippen molar-refractivity contribution in [3.63, 3.8) is 0 Å². The second-order valence-electron chi connectivity index (χ2n) is 8.08. The number of nitrogens with zero attached hydrogens (tertiary/aromatic N) is 4. The van der Waals surface area contributed by atoms with Gasteiger partial charge in [-0.05, 0) is 37.8 Å². The van der Waals surface area contributed by atoms with Gasteiger partial charge >= 0.3 is 0 Å². The average Bonchev–Trinajstić information content (AvgIpc) is 3.19. The van der Waals surface area contributed by atoms with Crippen LogP contribution in [0, 0.1) is 6.92 Å². The Morgan fingerprint density at radius 3 is 2.80 bits per heavy atom.